The van der Waals surface area contributed by atoms with Crippen LogP contribution in [0.4, 0.5) is 0 Å². The van der Waals surface area contributed by atoms with Gasteiger partial charge in [0.1, 0.15) is 5.76 Å². The summed E-state index contributed by atoms with van der Waals surface area (Å²) in [6.45, 7) is 2.08. The molecule has 4 heteroatoms. The third-order valence-electron chi connectivity index (χ3n) is 2.97. The van der Waals surface area contributed by atoms with Crippen molar-refractivity contribution in [1.29, 1.82) is 0 Å². The second-order valence-corrected chi connectivity index (χ2v) is 4.45. The summed E-state index contributed by atoms with van der Waals surface area (Å²) < 4.78 is 7.07. The smallest absolute Gasteiger partial charge is 0.277 e. The van der Waals surface area contributed by atoms with E-state index in [0.717, 1.165) is 24.1 Å². The molecule has 0 radical (unpaired) electrons. The zero-order valence-corrected chi connectivity index (χ0v) is 10.7. The largest absolute Gasteiger partial charge is 0.438 e. The molecule has 0 aliphatic carbocycles. The Bertz CT molecular complexity index is 757. The number of hydrogen-bond acceptors (Lipinski definition) is 3. The van der Waals surface area contributed by atoms with Crippen molar-refractivity contribution in [3.05, 3.63) is 58.5 Å². The molecule has 4 nitrogen and oxygen atoms in total. The molecule has 1 aromatic carbocycles. The molecule has 0 N–H and O–H groups in total. The van der Waals surface area contributed by atoms with Crippen molar-refractivity contribution in [3.8, 4) is 11.3 Å². The van der Waals surface area contributed by atoms with E-state index in [1.807, 2.05) is 36.4 Å². The number of aryl methyl sites for hydroxylation is 1. The fraction of sp³-hybridized carbons (Fsp3) is 0.200. The van der Waals surface area contributed by atoms with Crippen molar-refractivity contribution in [2.75, 3.05) is 0 Å². The number of hydrogen-bond donors (Lipinski definition) is 0. The highest BCUT2D eigenvalue weighted by Crippen LogP contribution is 2.19. The highest BCUT2D eigenvalue weighted by Gasteiger charge is 2.09. The van der Waals surface area contributed by atoms with Gasteiger partial charge in [-0.05, 0) is 6.42 Å². The maximum absolute atomic E-state index is 12.0. The maximum atomic E-state index is 12.0. The summed E-state index contributed by atoms with van der Waals surface area (Å²) in [5, 5.41) is 4.25. The lowest BCUT2D eigenvalue weighted by Crippen LogP contribution is -2.12. The lowest BCUT2D eigenvalue weighted by molar-refractivity contribution is 0.577. The van der Waals surface area contributed by atoms with Crippen LogP contribution in [0.2, 0.25) is 0 Å². The molecule has 96 valence electrons. The Balaban J connectivity index is 2.16. The number of fused-ring (bicyclic) bond motifs is 1. The SMILES string of the molecule is CCCc1cc2oc(-c3ccccc3)cc(=O)n2n1. The molecular weight excluding hydrogens is 240 g/mol. The third-order valence-corrected chi connectivity index (χ3v) is 2.97. The van der Waals surface area contributed by atoms with Crippen molar-refractivity contribution < 1.29 is 4.42 Å². The molecule has 0 fully saturated rings. The van der Waals surface area contributed by atoms with E-state index >= 15 is 0 Å². The van der Waals surface area contributed by atoms with Crippen molar-refractivity contribution in [3.63, 3.8) is 0 Å². The molecule has 0 bridgehead atoms. The summed E-state index contributed by atoms with van der Waals surface area (Å²) in [4.78, 5) is 12.0. The van der Waals surface area contributed by atoms with E-state index in [-0.39, 0.29) is 5.56 Å². The highest BCUT2D eigenvalue weighted by molar-refractivity contribution is 5.58. The quantitative estimate of drug-likeness (QED) is 0.722. The number of rotatable bonds is 3. The summed E-state index contributed by atoms with van der Waals surface area (Å²) in [5.74, 6) is 0.570. The first kappa shape index (κ1) is 11.7. The van der Waals surface area contributed by atoms with Gasteiger partial charge in [0.25, 0.3) is 5.56 Å². The minimum absolute atomic E-state index is 0.164. The van der Waals surface area contributed by atoms with Gasteiger partial charge in [-0.15, -0.1) is 0 Å². The van der Waals surface area contributed by atoms with Crippen molar-refractivity contribution >= 4 is 5.71 Å². The Morgan fingerprint density at radius 3 is 2.74 bits per heavy atom. The normalized spacial score (nSPS) is 11.0. The van der Waals surface area contributed by atoms with Gasteiger partial charge >= 0.3 is 0 Å². The molecule has 19 heavy (non-hydrogen) atoms. The maximum Gasteiger partial charge on any atom is 0.277 e. The lowest BCUT2D eigenvalue weighted by atomic mass is 10.2. The Labute approximate surface area is 110 Å². The molecule has 2 aromatic heterocycles. The van der Waals surface area contributed by atoms with E-state index in [0.29, 0.717) is 11.5 Å². The minimum Gasteiger partial charge on any atom is -0.438 e. The molecule has 0 amide bonds. The number of nitrogens with zero attached hydrogens (tertiary/aromatic N) is 2. The van der Waals surface area contributed by atoms with Crippen LogP contribution in [0.15, 0.2) is 51.7 Å². The van der Waals surface area contributed by atoms with Gasteiger partial charge in [0, 0.05) is 17.7 Å². The highest BCUT2D eigenvalue weighted by atomic mass is 16.3. The summed E-state index contributed by atoms with van der Waals surface area (Å²) >= 11 is 0. The predicted molar refractivity (Wildman–Crippen MR) is 73.2 cm³/mol. The van der Waals surface area contributed by atoms with Gasteiger partial charge in [-0.1, -0.05) is 43.7 Å². The third kappa shape index (κ3) is 2.17. The molecular formula is C15H14N2O2. The van der Waals surface area contributed by atoms with Crippen LogP contribution in [0.1, 0.15) is 19.0 Å². The topological polar surface area (TPSA) is 47.5 Å². The van der Waals surface area contributed by atoms with Gasteiger partial charge in [-0.2, -0.15) is 9.61 Å². The fourth-order valence-electron chi connectivity index (χ4n) is 2.08. The van der Waals surface area contributed by atoms with E-state index in [2.05, 4.69) is 12.0 Å². The Kier molecular flexibility index (Phi) is 2.91. The number of benzene rings is 1. The molecule has 0 atom stereocenters. The van der Waals surface area contributed by atoms with Crippen LogP contribution in [0.3, 0.4) is 0 Å². The van der Waals surface area contributed by atoms with Crippen LogP contribution >= 0.6 is 0 Å². The average Bonchev–Trinajstić information content (AvgIpc) is 2.83. The van der Waals surface area contributed by atoms with E-state index < -0.39 is 0 Å². The predicted octanol–water partition coefficient (Wildman–Crippen LogP) is 2.91. The first-order valence-electron chi connectivity index (χ1n) is 6.36. The van der Waals surface area contributed by atoms with Crippen LogP contribution in [0, 0.1) is 0 Å². The summed E-state index contributed by atoms with van der Waals surface area (Å²) in [6.07, 6.45) is 1.83. The zero-order chi connectivity index (χ0) is 13.2. The van der Waals surface area contributed by atoms with Crippen molar-refractivity contribution in [2.45, 2.75) is 19.8 Å². The second kappa shape index (κ2) is 4.72. The second-order valence-electron chi connectivity index (χ2n) is 4.45. The van der Waals surface area contributed by atoms with Crippen LogP contribution < -0.4 is 5.56 Å². The van der Waals surface area contributed by atoms with Crippen molar-refractivity contribution in [1.82, 2.24) is 9.61 Å². The summed E-state index contributed by atoms with van der Waals surface area (Å²) in [5.41, 5.74) is 2.10. The molecule has 0 spiro atoms. The van der Waals surface area contributed by atoms with Gasteiger partial charge in [0.15, 0.2) is 0 Å². The van der Waals surface area contributed by atoms with Gasteiger partial charge < -0.3 is 4.42 Å². The van der Waals surface area contributed by atoms with Gasteiger partial charge in [-0.25, -0.2) is 0 Å². The standard InChI is InChI=1S/C15H14N2O2/c1-2-6-12-9-15-17(16-12)14(18)10-13(19-15)11-7-4-3-5-8-11/h3-5,7-10H,2,6H2,1H3. The summed E-state index contributed by atoms with van der Waals surface area (Å²) in [7, 11) is 0. The van der Waals surface area contributed by atoms with Crippen LogP contribution in [-0.4, -0.2) is 9.61 Å². The Hall–Kier alpha value is -2.36. The molecule has 0 aliphatic heterocycles. The molecule has 0 saturated carbocycles. The first-order valence-corrected chi connectivity index (χ1v) is 6.36. The van der Waals surface area contributed by atoms with E-state index in [9.17, 15) is 4.79 Å². The zero-order valence-electron chi connectivity index (χ0n) is 10.7. The van der Waals surface area contributed by atoms with Crippen molar-refractivity contribution in [2.24, 2.45) is 0 Å². The Morgan fingerprint density at radius 2 is 2.00 bits per heavy atom. The van der Waals surface area contributed by atoms with Crippen LogP contribution in [0.25, 0.3) is 17.0 Å². The molecule has 3 aromatic rings. The van der Waals surface area contributed by atoms with Gasteiger partial charge in [-0.3, -0.25) is 4.79 Å². The monoisotopic (exact) mass is 254 g/mol. The fourth-order valence-corrected chi connectivity index (χ4v) is 2.08. The first-order chi connectivity index (χ1) is 9.28. The molecule has 0 aliphatic rings. The van der Waals surface area contributed by atoms with Gasteiger partial charge in [0.2, 0.25) is 5.71 Å². The average molecular weight is 254 g/mol. The van der Waals surface area contributed by atoms with Crippen LogP contribution in [0.5, 0.6) is 0 Å². The Morgan fingerprint density at radius 1 is 1.21 bits per heavy atom. The molecule has 3 rings (SSSR count). The van der Waals surface area contributed by atoms with E-state index in [1.165, 1.54) is 10.6 Å². The van der Waals surface area contributed by atoms with E-state index in [4.69, 9.17) is 4.42 Å². The molecule has 0 unspecified atom stereocenters. The number of aromatic nitrogens is 2. The molecule has 2 heterocycles. The molecule has 0 saturated heterocycles. The lowest BCUT2D eigenvalue weighted by Gasteiger charge is -2.00. The van der Waals surface area contributed by atoms with E-state index in [1.54, 1.807) is 0 Å². The minimum atomic E-state index is -0.164. The summed E-state index contributed by atoms with van der Waals surface area (Å²) in [6, 6.07) is 12.9. The van der Waals surface area contributed by atoms with Gasteiger partial charge in [0.05, 0.1) is 5.69 Å². The van der Waals surface area contributed by atoms with Crippen LogP contribution in [-0.2, 0) is 6.42 Å².